The van der Waals surface area contributed by atoms with Crippen LogP contribution in [0.25, 0.3) is 0 Å². The maximum Gasteiger partial charge on any atom is 0.336 e. The highest BCUT2D eigenvalue weighted by Crippen LogP contribution is 2.34. The monoisotopic (exact) mass is 324 g/mol. The van der Waals surface area contributed by atoms with Gasteiger partial charge in [-0.05, 0) is 42.0 Å². The SMILES string of the molecule is O=C(O)Cc1cc(F)ccc1Sc1ccc(F)cc1C(=O)O. The number of halogens is 2. The van der Waals surface area contributed by atoms with Crippen molar-refractivity contribution in [1.29, 1.82) is 0 Å². The van der Waals surface area contributed by atoms with Crippen molar-refractivity contribution in [3.8, 4) is 0 Å². The Hall–Kier alpha value is -2.41. The zero-order chi connectivity index (χ0) is 16.3. The van der Waals surface area contributed by atoms with Crippen LogP contribution in [0.5, 0.6) is 0 Å². The molecule has 0 aliphatic heterocycles. The van der Waals surface area contributed by atoms with Gasteiger partial charge in [0.1, 0.15) is 11.6 Å². The summed E-state index contributed by atoms with van der Waals surface area (Å²) in [7, 11) is 0. The number of benzene rings is 2. The van der Waals surface area contributed by atoms with E-state index in [9.17, 15) is 18.4 Å². The molecule has 0 spiro atoms. The fourth-order valence-electron chi connectivity index (χ4n) is 1.83. The molecule has 2 rings (SSSR count). The number of hydrogen-bond acceptors (Lipinski definition) is 3. The third-order valence-electron chi connectivity index (χ3n) is 2.76. The smallest absolute Gasteiger partial charge is 0.336 e. The van der Waals surface area contributed by atoms with E-state index in [4.69, 9.17) is 10.2 Å². The molecule has 0 fully saturated rings. The second-order valence-corrected chi connectivity index (χ2v) is 5.45. The van der Waals surface area contributed by atoms with Gasteiger partial charge >= 0.3 is 11.9 Å². The molecule has 2 aromatic carbocycles. The summed E-state index contributed by atoms with van der Waals surface area (Å²) in [6, 6.07) is 6.88. The van der Waals surface area contributed by atoms with Crippen molar-refractivity contribution in [2.75, 3.05) is 0 Å². The van der Waals surface area contributed by atoms with Crippen LogP contribution in [0.3, 0.4) is 0 Å². The van der Waals surface area contributed by atoms with Crippen molar-refractivity contribution in [2.24, 2.45) is 0 Å². The van der Waals surface area contributed by atoms with E-state index in [2.05, 4.69) is 0 Å². The normalized spacial score (nSPS) is 10.5. The third-order valence-corrected chi connectivity index (χ3v) is 3.95. The van der Waals surface area contributed by atoms with E-state index in [1.54, 1.807) is 0 Å². The maximum atomic E-state index is 13.3. The van der Waals surface area contributed by atoms with E-state index >= 15 is 0 Å². The molecule has 0 saturated heterocycles. The van der Waals surface area contributed by atoms with Crippen LogP contribution in [0.1, 0.15) is 15.9 Å². The Balaban J connectivity index is 2.43. The van der Waals surface area contributed by atoms with Crippen molar-refractivity contribution < 1.29 is 28.6 Å². The molecule has 114 valence electrons. The van der Waals surface area contributed by atoms with Gasteiger partial charge in [-0.3, -0.25) is 4.79 Å². The largest absolute Gasteiger partial charge is 0.481 e. The summed E-state index contributed by atoms with van der Waals surface area (Å²) >= 11 is 0.951. The molecule has 0 amide bonds. The summed E-state index contributed by atoms with van der Waals surface area (Å²) in [5.41, 5.74) is -0.0197. The lowest BCUT2D eigenvalue weighted by Gasteiger charge is -2.10. The molecular weight excluding hydrogens is 314 g/mol. The van der Waals surface area contributed by atoms with Crippen molar-refractivity contribution in [3.63, 3.8) is 0 Å². The van der Waals surface area contributed by atoms with Gasteiger partial charge in [-0.15, -0.1) is 0 Å². The lowest BCUT2D eigenvalue weighted by Crippen LogP contribution is -2.03. The third kappa shape index (κ3) is 3.82. The molecule has 0 bridgehead atoms. The fraction of sp³-hybridized carbons (Fsp3) is 0.0667. The summed E-state index contributed by atoms with van der Waals surface area (Å²) in [5.74, 6) is -3.71. The molecule has 2 N–H and O–H groups in total. The predicted molar refractivity (Wildman–Crippen MR) is 75.2 cm³/mol. The Morgan fingerprint density at radius 1 is 0.955 bits per heavy atom. The van der Waals surface area contributed by atoms with E-state index in [0.717, 1.165) is 36.0 Å². The molecule has 0 unspecified atom stereocenters. The quantitative estimate of drug-likeness (QED) is 0.881. The molecular formula is C15H10F2O4S. The summed E-state index contributed by atoms with van der Waals surface area (Å²) < 4.78 is 26.4. The topological polar surface area (TPSA) is 74.6 Å². The molecule has 22 heavy (non-hydrogen) atoms. The van der Waals surface area contributed by atoms with Crippen LogP contribution in [0.15, 0.2) is 46.2 Å². The Bertz CT molecular complexity index is 746. The molecule has 7 heteroatoms. The van der Waals surface area contributed by atoms with Gasteiger partial charge in [0.05, 0.1) is 12.0 Å². The first kappa shape index (κ1) is 16.0. The van der Waals surface area contributed by atoms with Gasteiger partial charge in [0.2, 0.25) is 0 Å². The molecule has 0 heterocycles. The van der Waals surface area contributed by atoms with Crippen molar-refractivity contribution in [2.45, 2.75) is 16.2 Å². The zero-order valence-corrected chi connectivity index (χ0v) is 11.9. The van der Waals surface area contributed by atoms with Gasteiger partial charge in [-0.25, -0.2) is 13.6 Å². The molecule has 0 radical (unpaired) electrons. The van der Waals surface area contributed by atoms with Gasteiger partial charge in [0.15, 0.2) is 0 Å². The van der Waals surface area contributed by atoms with E-state index in [1.807, 2.05) is 0 Å². The minimum absolute atomic E-state index is 0.221. The van der Waals surface area contributed by atoms with Crippen molar-refractivity contribution in [1.82, 2.24) is 0 Å². The number of rotatable bonds is 5. The first-order chi connectivity index (χ1) is 10.4. The summed E-state index contributed by atoms with van der Waals surface area (Å²) in [4.78, 5) is 22.6. The Morgan fingerprint density at radius 3 is 2.14 bits per heavy atom. The van der Waals surface area contributed by atoms with Crippen molar-refractivity contribution in [3.05, 3.63) is 59.2 Å². The fourth-order valence-corrected chi connectivity index (χ4v) is 2.85. The molecule has 0 aliphatic rings. The van der Waals surface area contributed by atoms with Crippen LogP contribution in [-0.4, -0.2) is 22.2 Å². The average Bonchev–Trinajstić information content (AvgIpc) is 2.42. The highest BCUT2D eigenvalue weighted by atomic mass is 32.2. The second kappa shape index (κ2) is 6.57. The lowest BCUT2D eigenvalue weighted by atomic mass is 10.1. The lowest BCUT2D eigenvalue weighted by molar-refractivity contribution is -0.136. The van der Waals surface area contributed by atoms with Crippen LogP contribution >= 0.6 is 11.8 Å². The minimum Gasteiger partial charge on any atom is -0.481 e. The minimum atomic E-state index is -1.30. The standard InChI is InChI=1S/C15H10F2O4S/c16-9-1-3-12(8(5-9)6-14(18)19)22-13-4-2-10(17)7-11(13)15(20)21/h1-5,7H,6H2,(H,18,19)(H,20,21). The number of hydrogen-bond donors (Lipinski definition) is 2. The molecule has 0 saturated carbocycles. The van der Waals surface area contributed by atoms with Crippen LogP contribution in [0, 0.1) is 11.6 Å². The maximum absolute atomic E-state index is 13.3. The van der Waals surface area contributed by atoms with Crippen LogP contribution in [0.2, 0.25) is 0 Å². The van der Waals surface area contributed by atoms with Crippen LogP contribution in [-0.2, 0) is 11.2 Å². The molecule has 0 aromatic heterocycles. The van der Waals surface area contributed by atoms with Gasteiger partial charge < -0.3 is 10.2 Å². The van der Waals surface area contributed by atoms with Gasteiger partial charge in [0.25, 0.3) is 0 Å². The van der Waals surface area contributed by atoms with E-state index in [0.29, 0.717) is 4.90 Å². The van der Waals surface area contributed by atoms with Crippen LogP contribution < -0.4 is 0 Å². The Labute approximate surface area is 128 Å². The van der Waals surface area contributed by atoms with Gasteiger partial charge in [0, 0.05) is 9.79 Å². The summed E-state index contributed by atoms with van der Waals surface area (Å²) in [6.07, 6.45) is -0.399. The van der Waals surface area contributed by atoms with Gasteiger partial charge in [-0.2, -0.15) is 0 Å². The van der Waals surface area contributed by atoms with E-state index < -0.39 is 30.0 Å². The molecule has 2 aromatic rings. The van der Waals surface area contributed by atoms with E-state index in [-0.39, 0.29) is 16.0 Å². The Kier molecular flexibility index (Phi) is 4.77. The average molecular weight is 324 g/mol. The zero-order valence-electron chi connectivity index (χ0n) is 11.0. The first-order valence-electron chi connectivity index (χ1n) is 6.07. The highest BCUT2D eigenvalue weighted by molar-refractivity contribution is 7.99. The van der Waals surface area contributed by atoms with Gasteiger partial charge in [-0.1, -0.05) is 11.8 Å². The second-order valence-electron chi connectivity index (χ2n) is 4.37. The van der Waals surface area contributed by atoms with Crippen LogP contribution in [0.4, 0.5) is 8.78 Å². The molecule has 4 nitrogen and oxygen atoms in total. The summed E-state index contributed by atoms with van der Waals surface area (Å²) in [6.45, 7) is 0. The number of aromatic carboxylic acids is 1. The number of carbonyl (C=O) groups is 2. The Morgan fingerprint density at radius 2 is 1.55 bits per heavy atom. The molecule has 0 atom stereocenters. The number of carboxylic acids is 2. The number of aliphatic carboxylic acids is 1. The summed E-state index contributed by atoms with van der Waals surface area (Å²) in [5, 5.41) is 17.9. The van der Waals surface area contributed by atoms with E-state index in [1.165, 1.54) is 12.1 Å². The predicted octanol–water partition coefficient (Wildman–Crippen LogP) is 3.44. The first-order valence-corrected chi connectivity index (χ1v) is 6.89. The number of carboxylic acid groups (broad SMARTS) is 2. The molecule has 0 aliphatic carbocycles. The highest BCUT2D eigenvalue weighted by Gasteiger charge is 2.15. The van der Waals surface area contributed by atoms with Crippen molar-refractivity contribution >= 4 is 23.7 Å².